The van der Waals surface area contributed by atoms with Crippen molar-refractivity contribution in [3.8, 4) is 0 Å². The molecule has 0 N–H and O–H groups in total. The van der Waals surface area contributed by atoms with Crippen LogP contribution in [0.5, 0.6) is 0 Å². The first kappa shape index (κ1) is 13.5. The molecule has 2 unspecified atom stereocenters. The third kappa shape index (κ3) is 4.10. The van der Waals surface area contributed by atoms with Crippen molar-refractivity contribution in [1.29, 1.82) is 0 Å². The van der Waals surface area contributed by atoms with Crippen molar-refractivity contribution in [3.05, 3.63) is 0 Å². The van der Waals surface area contributed by atoms with Crippen LogP contribution in [-0.4, -0.2) is 50.8 Å². The lowest BCUT2D eigenvalue weighted by Gasteiger charge is -2.35. The second-order valence-electron chi connectivity index (χ2n) is 4.63. The Kier molecular flexibility index (Phi) is 5.77. The number of piperidine rings is 1. The Morgan fingerprint density at radius 3 is 2.69 bits per heavy atom. The number of carbonyl (C=O) groups excluding carboxylic acids is 1. The molecule has 0 radical (unpaired) electrons. The van der Waals surface area contributed by atoms with Crippen molar-refractivity contribution in [2.24, 2.45) is 11.8 Å². The Hall–Kier alpha value is -0.610. The molecule has 1 fully saturated rings. The molecule has 1 saturated heterocycles. The molecule has 1 heterocycles. The Morgan fingerprint density at radius 1 is 1.31 bits per heavy atom. The molecule has 0 aromatic heterocycles. The van der Waals surface area contributed by atoms with Crippen LogP contribution in [-0.2, 0) is 14.3 Å². The highest BCUT2D eigenvalue weighted by molar-refractivity contribution is 5.77. The summed E-state index contributed by atoms with van der Waals surface area (Å²) >= 11 is 0. The Balaban J connectivity index is 2.21. The number of methoxy groups -OCH3 is 1. The number of ether oxygens (including phenoxy) is 2. The van der Waals surface area contributed by atoms with Crippen LogP contribution in [0, 0.1) is 11.8 Å². The smallest absolute Gasteiger partial charge is 0.248 e. The van der Waals surface area contributed by atoms with Crippen molar-refractivity contribution in [1.82, 2.24) is 4.90 Å². The van der Waals surface area contributed by atoms with Crippen molar-refractivity contribution in [2.75, 3.05) is 40.0 Å². The van der Waals surface area contributed by atoms with E-state index in [1.54, 1.807) is 7.11 Å². The molecule has 0 aromatic rings. The first-order valence-corrected chi connectivity index (χ1v) is 5.99. The average Bonchev–Trinajstić information content (AvgIpc) is 2.28. The number of amides is 1. The van der Waals surface area contributed by atoms with E-state index in [0.717, 1.165) is 25.4 Å². The molecule has 0 aromatic carbocycles. The predicted octanol–water partition coefficient (Wildman–Crippen LogP) is 1.15. The van der Waals surface area contributed by atoms with Crippen LogP contribution in [0.15, 0.2) is 0 Å². The second-order valence-corrected chi connectivity index (χ2v) is 4.63. The molecule has 0 bridgehead atoms. The molecule has 4 heteroatoms. The number of carbonyl (C=O) groups is 1. The van der Waals surface area contributed by atoms with Crippen LogP contribution in [0.4, 0.5) is 0 Å². The van der Waals surface area contributed by atoms with Crippen LogP contribution < -0.4 is 0 Å². The Labute approximate surface area is 97.9 Å². The number of hydrogen-bond donors (Lipinski definition) is 0. The van der Waals surface area contributed by atoms with Crippen molar-refractivity contribution >= 4 is 5.91 Å². The van der Waals surface area contributed by atoms with Crippen LogP contribution >= 0.6 is 0 Å². The first-order chi connectivity index (χ1) is 7.65. The fourth-order valence-electron chi connectivity index (χ4n) is 1.88. The highest BCUT2D eigenvalue weighted by Gasteiger charge is 2.25. The zero-order valence-corrected chi connectivity index (χ0v) is 10.6. The normalized spacial score (nSPS) is 25.8. The summed E-state index contributed by atoms with van der Waals surface area (Å²) < 4.78 is 10.1. The van der Waals surface area contributed by atoms with E-state index >= 15 is 0 Å². The maximum Gasteiger partial charge on any atom is 0.248 e. The van der Waals surface area contributed by atoms with Gasteiger partial charge in [-0.15, -0.1) is 0 Å². The summed E-state index contributed by atoms with van der Waals surface area (Å²) in [5.74, 6) is 1.42. The third-order valence-electron chi connectivity index (χ3n) is 3.34. The third-order valence-corrected chi connectivity index (χ3v) is 3.34. The van der Waals surface area contributed by atoms with Crippen molar-refractivity contribution < 1.29 is 14.3 Å². The molecular weight excluding hydrogens is 206 g/mol. The van der Waals surface area contributed by atoms with Gasteiger partial charge in [-0.3, -0.25) is 4.79 Å². The summed E-state index contributed by atoms with van der Waals surface area (Å²) in [6, 6.07) is 0. The molecule has 0 saturated carbocycles. The van der Waals surface area contributed by atoms with Gasteiger partial charge in [0.1, 0.15) is 6.61 Å². The molecule has 0 aliphatic carbocycles. The minimum absolute atomic E-state index is 0.106. The van der Waals surface area contributed by atoms with Crippen LogP contribution in [0.3, 0.4) is 0 Å². The molecule has 1 rings (SSSR count). The van der Waals surface area contributed by atoms with Gasteiger partial charge in [0.05, 0.1) is 13.2 Å². The first-order valence-electron chi connectivity index (χ1n) is 5.99. The van der Waals surface area contributed by atoms with E-state index in [1.807, 2.05) is 4.90 Å². The number of likely N-dealkylation sites (tertiary alicyclic amines) is 1. The van der Waals surface area contributed by atoms with Crippen molar-refractivity contribution in [3.63, 3.8) is 0 Å². The minimum atomic E-state index is 0.106. The van der Waals surface area contributed by atoms with Gasteiger partial charge in [0.2, 0.25) is 5.91 Å². The zero-order chi connectivity index (χ0) is 12.0. The van der Waals surface area contributed by atoms with Gasteiger partial charge < -0.3 is 14.4 Å². The van der Waals surface area contributed by atoms with Gasteiger partial charge >= 0.3 is 0 Å². The molecule has 1 aliphatic heterocycles. The summed E-state index contributed by atoms with van der Waals surface area (Å²) in [7, 11) is 1.62. The van der Waals surface area contributed by atoms with Gasteiger partial charge in [-0.1, -0.05) is 13.8 Å². The molecule has 16 heavy (non-hydrogen) atoms. The number of rotatable bonds is 5. The van der Waals surface area contributed by atoms with E-state index in [9.17, 15) is 4.79 Å². The van der Waals surface area contributed by atoms with Gasteiger partial charge in [-0.2, -0.15) is 0 Å². The summed E-state index contributed by atoms with van der Waals surface area (Å²) in [4.78, 5) is 13.7. The predicted molar refractivity (Wildman–Crippen MR) is 62.2 cm³/mol. The van der Waals surface area contributed by atoms with E-state index in [4.69, 9.17) is 9.47 Å². The molecule has 2 atom stereocenters. The van der Waals surface area contributed by atoms with E-state index in [2.05, 4.69) is 13.8 Å². The molecule has 4 nitrogen and oxygen atoms in total. The van der Waals surface area contributed by atoms with E-state index in [0.29, 0.717) is 19.1 Å². The molecule has 1 aliphatic rings. The minimum Gasteiger partial charge on any atom is -0.382 e. The fraction of sp³-hybridized carbons (Fsp3) is 0.917. The Bertz CT molecular complexity index is 220. The topological polar surface area (TPSA) is 38.8 Å². The lowest BCUT2D eigenvalue weighted by molar-refractivity contribution is -0.138. The fourth-order valence-corrected chi connectivity index (χ4v) is 1.88. The summed E-state index contributed by atoms with van der Waals surface area (Å²) in [6.07, 6.45) is 1.10. The lowest BCUT2D eigenvalue weighted by atomic mass is 9.89. The molecule has 0 spiro atoms. The second kappa shape index (κ2) is 6.86. The monoisotopic (exact) mass is 229 g/mol. The SMILES string of the molecule is COCCOCC(=O)N1CCC(C)C(C)C1. The number of nitrogens with zero attached hydrogens (tertiary/aromatic N) is 1. The average molecular weight is 229 g/mol. The van der Waals surface area contributed by atoms with Gasteiger partial charge in [0.25, 0.3) is 0 Å². The highest BCUT2D eigenvalue weighted by Crippen LogP contribution is 2.22. The largest absolute Gasteiger partial charge is 0.382 e. The van der Waals surface area contributed by atoms with Crippen molar-refractivity contribution in [2.45, 2.75) is 20.3 Å². The van der Waals surface area contributed by atoms with E-state index in [-0.39, 0.29) is 12.5 Å². The Morgan fingerprint density at radius 2 is 2.06 bits per heavy atom. The maximum absolute atomic E-state index is 11.8. The van der Waals surface area contributed by atoms with Gasteiger partial charge in [-0.25, -0.2) is 0 Å². The van der Waals surface area contributed by atoms with Gasteiger partial charge in [0.15, 0.2) is 0 Å². The van der Waals surface area contributed by atoms with Crippen LogP contribution in [0.1, 0.15) is 20.3 Å². The lowest BCUT2D eigenvalue weighted by Crippen LogP contribution is -2.43. The van der Waals surface area contributed by atoms with Crippen LogP contribution in [0.2, 0.25) is 0 Å². The van der Waals surface area contributed by atoms with E-state index < -0.39 is 0 Å². The summed E-state index contributed by atoms with van der Waals surface area (Å²) in [5, 5.41) is 0. The maximum atomic E-state index is 11.8. The summed E-state index contributed by atoms with van der Waals surface area (Å²) in [5.41, 5.74) is 0. The standard InChI is InChI=1S/C12H23NO3/c1-10-4-5-13(8-11(10)2)12(14)9-16-7-6-15-3/h10-11H,4-9H2,1-3H3. The van der Waals surface area contributed by atoms with Gasteiger partial charge in [0, 0.05) is 20.2 Å². The molecular formula is C12H23NO3. The van der Waals surface area contributed by atoms with Gasteiger partial charge in [-0.05, 0) is 18.3 Å². The van der Waals surface area contributed by atoms with Crippen LogP contribution in [0.25, 0.3) is 0 Å². The molecule has 1 amide bonds. The highest BCUT2D eigenvalue weighted by atomic mass is 16.5. The van der Waals surface area contributed by atoms with E-state index in [1.165, 1.54) is 0 Å². The summed E-state index contributed by atoms with van der Waals surface area (Å²) in [6.45, 7) is 7.41. The zero-order valence-electron chi connectivity index (χ0n) is 10.6. The quantitative estimate of drug-likeness (QED) is 0.664. The molecule has 94 valence electrons. The number of hydrogen-bond acceptors (Lipinski definition) is 3.